The number of rotatable bonds is 6. The van der Waals surface area contributed by atoms with Crippen LogP contribution in [0, 0.1) is 11.8 Å². The van der Waals surface area contributed by atoms with Crippen LogP contribution in [0.15, 0.2) is 30.3 Å². The lowest BCUT2D eigenvalue weighted by molar-refractivity contribution is -0.141. The minimum atomic E-state index is -0.390. The first-order valence-electron chi connectivity index (χ1n) is 8.54. The molecule has 144 valence electrons. The number of ether oxygens (including phenoxy) is 3. The van der Waals surface area contributed by atoms with Crippen molar-refractivity contribution < 1.29 is 34.3 Å². The van der Waals surface area contributed by atoms with E-state index in [2.05, 4.69) is 0 Å². The highest BCUT2D eigenvalue weighted by Crippen LogP contribution is 2.38. The van der Waals surface area contributed by atoms with Crippen LogP contribution >= 0.6 is 0 Å². The number of esters is 1. The third-order valence-corrected chi connectivity index (χ3v) is 4.84. The molecule has 3 rings (SSSR count). The normalized spacial score (nSPS) is 19.0. The van der Waals surface area contributed by atoms with Gasteiger partial charge >= 0.3 is 5.97 Å². The van der Waals surface area contributed by atoms with Crippen LogP contribution in [0.4, 0.5) is 0 Å². The lowest BCUT2D eigenvalue weighted by Gasteiger charge is -2.17. The van der Waals surface area contributed by atoms with Crippen molar-refractivity contribution in [1.82, 2.24) is 0 Å². The Hall–Kier alpha value is -3.09. The first-order chi connectivity index (χ1) is 12.9. The minimum absolute atomic E-state index is 0.0585. The first kappa shape index (κ1) is 18.7. The van der Waals surface area contributed by atoms with Crippen molar-refractivity contribution in [3.63, 3.8) is 0 Å². The lowest BCUT2D eigenvalue weighted by Crippen LogP contribution is -2.20. The Morgan fingerprint density at radius 2 is 1.67 bits per heavy atom. The Kier molecular flexibility index (Phi) is 5.30. The van der Waals surface area contributed by atoms with Gasteiger partial charge in [0, 0.05) is 5.92 Å². The molecule has 3 N–H and O–H groups in total. The van der Waals surface area contributed by atoms with E-state index in [1.54, 1.807) is 24.3 Å². The van der Waals surface area contributed by atoms with Crippen LogP contribution in [0.3, 0.4) is 0 Å². The van der Waals surface area contributed by atoms with Gasteiger partial charge in [-0.15, -0.1) is 0 Å². The number of hydrogen-bond donors (Lipinski definition) is 3. The summed E-state index contributed by atoms with van der Waals surface area (Å²) in [7, 11) is 2.87. The van der Waals surface area contributed by atoms with E-state index < -0.39 is 5.92 Å². The van der Waals surface area contributed by atoms with E-state index in [0.29, 0.717) is 30.8 Å². The van der Waals surface area contributed by atoms with E-state index in [-0.39, 0.29) is 34.9 Å². The second kappa shape index (κ2) is 7.65. The van der Waals surface area contributed by atoms with Gasteiger partial charge in [-0.1, -0.05) is 6.07 Å². The zero-order valence-electron chi connectivity index (χ0n) is 15.1. The fourth-order valence-electron chi connectivity index (χ4n) is 3.38. The van der Waals surface area contributed by atoms with Gasteiger partial charge in [-0.3, -0.25) is 4.79 Å². The largest absolute Gasteiger partial charge is 0.504 e. The number of hydrogen-bond acceptors (Lipinski definition) is 7. The summed E-state index contributed by atoms with van der Waals surface area (Å²) in [5, 5.41) is 29.3. The highest BCUT2D eigenvalue weighted by atomic mass is 16.5. The molecule has 0 bridgehead atoms. The maximum absolute atomic E-state index is 12.2. The number of phenolic OH excluding ortho intramolecular Hbond substituents is 3. The zero-order chi connectivity index (χ0) is 19.6. The molecular weight excluding hydrogens is 352 g/mol. The number of aromatic hydroxyl groups is 3. The maximum Gasteiger partial charge on any atom is 0.309 e. The monoisotopic (exact) mass is 374 g/mol. The van der Waals surface area contributed by atoms with Gasteiger partial charge in [0.2, 0.25) is 5.75 Å². The van der Waals surface area contributed by atoms with Crippen molar-refractivity contribution in [2.24, 2.45) is 11.8 Å². The van der Waals surface area contributed by atoms with Crippen LogP contribution in [0.1, 0.15) is 11.1 Å². The Balaban J connectivity index is 1.80. The Morgan fingerprint density at radius 3 is 2.37 bits per heavy atom. The summed E-state index contributed by atoms with van der Waals surface area (Å²) < 4.78 is 15.4. The molecule has 7 nitrogen and oxygen atoms in total. The van der Waals surface area contributed by atoms with Gasteiger partial charge in [0.05, 0.1) is 26.7 Å². The Labute approximate surface area is 156 Å². The molecule has 0 aliphatic carbocycles. The SMILES string of the molecule is COc1cc(C[C@H]2COC(=O)[C@@H]2Cc2cc(O)c(O)c(OC)c2)ccc1O. The highest BCUT2D eigenvalue weighted by Gasteiger charge is 2.37. The van der Waals surface area contributed by atoms with Crippen LogP contribution in [-0.4, -0.2) is 42.1 Å². The molecule has 7 heteroatoms. The molecule has 27 heavy (non-hydrogen) atoms. The fourth-order valence-corrected chi connectivity index (χ4v) is 3.38. The second-order valence-electron chi connectivity index (χ2n) is 6.58. The van der Waals surface area contributed by atoms with Crippen molar-refractivity contribution in [3.05, 3.63) is 41.5 Å². The molecule has 0 saturated carbocycles. The highest BCUT2D eigenvalue weighted by molar-refractivity contribution is 5.75. The summed E-state index contributed by atoms with van der Waals surface area (Å²) in [5.41, 5.74) is 1.59. The van der Waals surface area contributed by atoms with Crippen LogP contribution in [0.25, 0.3) is 0 Å². The number of carbonyl (C=O) groups is 1. The van der Waals surface area contributed by atoms with E-state index in [1.165, 1.54) is 20.3 Å². The Morgan fingerprint density at radius 1 is 0.963 bits per heavy atom. The number of cyclic esters (lactones) is 1. The van der Waals surface area contributed by atoms with Crippen molar-refractivity contribution in [2.75, 3.05) is 20.8 Å². The zero-order valence-corrected chi connectivity index (χ0v) is 15.1. The van der Waals surface area contributed by atoms with Gasteiger partial charge in [-0.2, -0.15) is 0 Å². The molecule has 1 fully saturated rings. The molecule has 1 saturated heterocycles. The standard InChI is InChI=1S/C20H22O7/c1-25-17-8-11(3-4-15(17)21)5-13-10-27-20(24)14(13)6-12-7-16(22)19(23)18(9-12)26-2/h3-4,7-9,13-14,21-23H,5-6,10H2,1-2H3/t13-,14+/m0/s1. The van der Waals surface area contributed by atoms with Gasteiger partial charge in [0.1, 0.15) is 0 Å². The van der Waals surface area contributed by atoms with Crippen molar-refractivity contribution in [3.8, 4) is 28.7 Å². The van der Waals surface area contributed by atoms with E-state index in [9.17, 15) is 20.1 Å². The molecule has 0 aromatic heterocycles. The Bertz CT molecular complexity index is 846. The molecule has 2 atom stereocenters. The maximum atomic E-state index is 12.2. The van der Waals surface area contributed by atoms with Gasteiger partial charge in [0.25, 0.3) is 0 Å². The van der Waals surface area contributed by atoms with E-state index in [4.69, 9.17) is 14.2 Å². The summed E-state index contributed by atoms with van der Waals surface area (Å²) in [4.78, 5) is 12.2. The van der Waals surface area contributed by atoms with Crippen LogP contribution in [0.5, 0.6) is 28.7 Å². The summed E-state index contributed by atoms with van der Waals surface area (Å²) in [6.45, 7) is 0.299. The number of phenols is 3. The van der Waals surface area contributed by atoms with E-state index in [0.717, 1.165) is 5.56 Å². The third-order valence-electron chi connectivity index (χ3n) is 4.84. The predicted molar refractivity (Wildman–Crippen MR) is 96.3 cm³/mol. The molecule has 0 spiro atoms. The number of carbonyl (C=O) groups excluding carboxylic acids is 1. The molecule has 2 aromatic rings. The molecule has 1 heterocycles. The summed E-state index contributed by atoms with van der Waals surface area (Å²) >= 11 is 0. The van der Waals surface area contributed by atoms with Crippen LogP contribution in [0.2, 0.25) is 0 Å². The molecule has 0 radical (unpaired) electrons. The van der Waals surface area contributed by atoms with Gasteiger partial charge in [-0.05, 0) is 48.2 Å². The average molecular weight is 374 g/mol. The summed E-state index contributed by atoms with van der Waals surface area (Å²) in [5.74, 6) is -0.787. The average Bonchev–Trinajstić information content (AvgIpc) is 2.99. The third kappa shape index (κ3) is 3.86. The quantitative estimate of drug-likeness (QED) is 0.527. The molecular formula is C20H22O7. The lowest BCUT2D eigenvalue weighted by atomic mass is 9.85. The predicted octanol–water partition coefficient (Wildman–Crippen LogP) is 2.40. The molecule has 0 amide bonds. The second-order valence-corrected chi connectivity index (χ2v) is 6.58. The van der Waals surface area contributed by atoms with E-state index in [1.807, 2.05) is 0 Å². The molecule has 1 aliphatic rings. The summed E-state index contributed by atoms with van der Waals surface area (Å²) in [6.07, 6.45) is 0.928. The van der Waals surface area contributed by atoms with Crippen LogP contribution < -0.4 is 9.47 Å². The van der Waals surface area contributed by atoms with Crippen LogP contribution in [-0.2, 0) is 22.4 Å². The number of benzene rings is 2. The fraction of sp³-hybridized carbons (Fsp3) is 0.350. The smallest absolute Gasteiger partial charge is 0.309 e. The van der Waals surface area contributed by atoms with Gasteiger partial charge in [-0.25, -0.2) is 0 Å². The van der Waals surface area contributed by atoms with Crippen molar-refractivity contribution >= 4 is 5.97 Å². The minimum Gasteiger partial charge on any atom is -0.504 e. The summed E-state index contributed by atoms with van der Waals surface area (Å²) in [6, 6.07) is 8.10. The molecule has 1 aliphatic heterocycles. The van der Waals surface area contributed by atoms with Gasteiger partial charge in [0.15, 0.2) is 23.0 Å². The number of methoxy groups -OCH3 is 2. The first-order valence-corrected chi connectivity index (χ1v) is 8.54. The van der Waals surface area contributed by atoms with Crippen molar-refractivity contribution in [1.29, 1.82) is 0 Å². The van der Waals surface area contributed by atoms with Gasteiger partial charge < -0.3 is 29.5 Å². The topological polar surface area (TPSA) is 105 Å². The molecule has 2 aromatic carbocycles. The molecule has 0 unspecified atom stereocenters. The van der Waals surface area contributed by atoms with E-state index >= 15 is 0 Å². The van der Waals surface area contributed by atoms with Crippen molar-refractivity contribution in [2.45, 2.75) is 12.8 Å².